The van der Waals surface area contributed by atoms with E-state index in [1.807, 2.05) is 0 Å². The van der Waals surface area contributed by atoms with Crippen molar-refractivity contribution in [1.82, 2.24) is 0 Å². The van der Waals surface area contributed by atoms with Crippen LogP contribution in [0.1, 0.15) is 10.4 Å². The van der Waals surface area contributed by atoms with Gasteiger partial charge in [0, 0.05) is 12.1 Å². The molecule has 0 saturated carbocycles. The molecule has 0 spiro atoms. The summed E-state index contributed by atoms with van der Waals surface area (Å²) in [5.74, 6) is 3.89. The van der Waals surface area contributed by atoms with E-state index in [1.54, 1.807) is 0 Å². The number of carbonyl (C=O) groups excluding carboxylic acids is 1. The monoisotopic (exact) mass is 280 g/mol. The number of hydrogen-bond acceptors (Lipinski definition) is 7. The Morgan fingerprint density at radius 2 is 1.67 bits per heavy atom. The Morgan fingerprint density at radius 1 is 1.28 bits per heavy atom. The van der Waals surface area contributed by atoms with E-state index >= 15 is 0 Å². The van der Waals surface area contributed by atoms with Gasteiger partial charge in [0.1, 0.15) is 0 Å². The van der Waals surface area contributed by atoms with Crippen molar-refractivity contribution in [3.63, 3.8) is 0 Å². The molecule has 0 bridgehead atoms. The van der Waals surface area contributed by atoms with E-state index in [0.717, 1.165) is 0 Å². The molecule has 1 aromatic carbocycles. The number of hydrogen-bond donors (Lipinski definition) is 3. The van der Waals surface area contributed by atoms with E-state index in [0.29, 0.717) is 0 Å². The SMILES string of the molecule is NOC(=O)c1ccc([N+](=O)[O-])cc1.O=S(=O)(O)O. The predicted octanol–water partition coefficient (Wildman–Crippen LogP) is -0.0275. The first-order chi connectivity index (χ1) is 8.15. The first-order valence-electron chi connectivity index (χ1n) is 4.00. The maximum absolute atomic E-state index is 10.8. The lowest BCUT2D eigenvalue weighted by molar-refractivity contribution is -0.384. The van der Waals surface area contributed by atoms with Gasteiger partial charge in [-0.2, -0.15) is 14.3 Å². The van der Waals surface area contributed by atoms with Crippen LogP contribution in [-0.4, -0.2) is 28.4 Å². The van der Waals surface area contributed by atoms with Crippen LogP contribution in [0.5, 0.6) is 0 Å². The van der Waals surface area contributed by atoms with E-state index in [2.05, 4.69) is 10.7 Å². The minimum Gasteiger partial charge on any atom is -0.370 e. The van der Waals surface area contributed by atoms with Crippen LogP contribution in [0.25, 0.3) is 0 Å². The summed E-state index contributed by atoms with van der Waals surface area (Å²) in [6, 6.07) is 4.94. The first kappa shape index (κ1) is 15.9. The van der Waals surface area contributed by atoms with E-state index in [9.17, 15) is 14.9 Å². The lowest BCUT2D eigenvalue weighted by Gasteiger charge is -1.96. The summed E-state index contributed by atoms with van der Waals surface area (Å²) >= 11 is 0. The third-order valence-corrected chi connectivity index (χ3v) is 1.42. The third kappa shape index (κ3) is 7.24. The van der Waals surface area contributed by atoms with Crippen molar-refractivity contribution in [2.24, 2.45) is 5.90 Å². The normalized spacial score (nSPS) is 9.94. The molecule has 1 aromatic rings. The Labute approximate surface area is 101 Å². The zero-order valence-corrected chi connectivity index (χ0v) is 9.40. The molecule has 100 valence electrons. The van der Waals surface area contributed by atoms with E-state index in [1.165, 1.54) is 24.3 Å². The summed E-state index contributed by atoms with van der Waals surface area (Å²) in [7, 11) is -4.67. The molecular weight excluding hydrogens is 272 g/mol. The molecule has 11 heteroatoms. The highest BCUT2D eigenvalue weighted by molar-refractivity contribution is 7.79. The minimum atomic E-state index is -4.67. The minimum absolute atomic E-state index is 0.0893. The van der Waals surface area contributed by atoms with Gasteiger partial charge in [-0.05, 0) is 12.1 Å². The van der Waals surface area contributed by atoms with Crippen molar-refractivity contribution >= 4 is 22.1 Å². The Hall–Kier alpha value is -2.08. The second-order valence-electron chi connectivity index (χ2n) is 2.66. The fourth-order valence-corrected chi connectivity index (χ4v) is 0.787. The predicted molar refractivity (Wildman–Crippen MR) is 56.9 cm³/mol. The van der Waals surface area contributed by atoms with Crippen molar-refractivity contribution in [3.05, 3.63) is 39.9 Å². The van der Waals surface area contributed by atoms with E-state index in [4.69, 9.17) is 17.5 Å². The lowest BCUT2D eigenvalue weighted by atomic mass is 10.2. The van der Waals surface area contributed by atoms with Gasteiger partial charge in [0.15, 0.2) is 0 Å². The molecule has 0 heterocycles. The average molecular weight is 280 g/mol. The summed E-state index contributed by atoms with van der Waals surface area (Å²) in [5, 5.41) is 10.2. The molecule has 10 nitrogen and oxygen atoms in total. The largest absolute Gasteiger partial charge is 0.394 e. The van der Waals surface area contributed by atoms with Gasteiger partial charge in [-0.15, -0.1) is 0 Å². The Bertz CT molecular complexity index is 515. The Kier molecular flexibility index (Phi) is 5.84. The fraction of sp³-hybridized carbons (Fsp3) is 0. The van der Waals surface area contributed by atoms with Crippen LogP contribution in [0, 0.1) is 10.1 Å². The molecular formula is C7H8N2O8S. The van der Waals surface area contributed by atoms with Crippen molar-refractivity contribution in [2.75, 3.05) is 0 Å². The fourth-order valence-electron chi connectivity index (χ4n) is 0.787. The van der Waals surface area contributed by atoms with Gasteiger partial charge < -0.3 is 4.84 Å². The van der Waals surface area contributed by atoms with Gasteiger partial charge >= 0.3 is 16.4 Å². The van der Waals surface area contributed by atoms with Crippen LogP contribution >= 0.6 is 0 Å². The van der Waals surface area contributed by atoms with Crippen LogP contribution in [0.2, 0.25) is 0 Å². The van der Waals surface area contributed by atoms with Gasteiger partial charge in [0.05, 0.1) is 10.5 Å². The smallest absolute Gasteiger partial charge is 0.370 e. The van der Waals surface area contributed by atoms with Gasteiger partial charge in [-0.1, -0.05) is 0 Å². The number of nitrogens with zero attached hydrogens (tertiary/aromatic N) is 1. The number of nitro groups is 1. The molecule has 0 amide bonds. The highest BCUT2D eigenvalue weighted by atomic mass is 32.3. The summed E-state index contributed by atoms with van der Waals surface area (Å²) in [5.41, 5.74) is 0.0849. The van der Waals surface area contributed by atoms with Crippen LogP contribution in [0.15, 0.2) is 24.3 Å². The number of carbonyl (C=O) groups is 1. The molecule has 0 aliphatic rings. The van der Waals surface area contributed by atoms with Gasteiger partial charge in [0.25, 0.3) is 5.69 Å². The molecule has 1 rings (SSSR count). The second-order valence-corrected chi connectivity index (χ2v) is 3.55. The second kappa shape index (κ2) is 6.61. The molecule has 18 heavy (non-hydrogen) atoms. The molecule has 0 radical (unpaired) electrons. The zero-order valence-electron chi connectivity index (χ0n) is 8.59. The van der Waals surface area contributed by atoms with Crippen molar-refractivity contribution in [3.8, 4) is 0 Å². The van der Waals surface area contributed by atoms with Gasteiger partial charge in [-0.3, -0.25) is 19.2 Å². The first-order valence-corrected chi connectivity index (χ1v) is 5.40. The molecule has 4 N–H and O–H groups in total. The van der Waals surface area contributed by atoms with E-state index < -0.39 is 21.3 Å². The number of nitrogens with two attached hydrogens (primary N) is 1. The lowest BCUT2D eigenvalue weighted by Crippen LogP contribution is -2.09. The van der Waals surface area contributed by atoms with E-state index in [-0.39, 0.29) is 11.3 Å². The standard InChI is InChI=1S/C7H6N2O4.H2O4S/c8-13-7(10)5-1-3-6(4-2-5)9(11)12;1-5(2,3)4/h1-4H,8H2;(H2,1,2,3,4). The van der Waals surface area contributed by atoms with Crippen LogP contribution in [0.3, 0.4) is 0 Å². The molecule has 0 unspecified atom stereocenters. The zero-order chi connectivity index (χ0) is 14.3. The molecule has 0 atom stereocenters. The average Bonchev–Trinajstić information content (AvgIpc) is 2.26. The third-order valence-electron chi connectivity index (χ3n) is 1.42. The number of nitro benzene ring substituents is 1. The van der Waals surface area contributed by atoms with Gasteiger partial charge in [-0.25, -0.2) is 4.79 Å². The topological polar surface area (TPSA) is 170 Å². The Morgan fingerprint density at radius 3 is 1.94 bits per heavy atom. The summed E-state index contributed by atoms with van der Waals surface area (Å²) in [6.07, 6.45) is 0. The molecule has 0 aliphatic carbocycles. The van der Waals surface area contributed by atoms with Crippen molar-refractivity contribution in [2.45, 2.75) is 0 Å². The number of non-ortho nitro benzene ring substituents is 1. The summed E-state index contributed by atoms with van der Waals surface area (Å²) in [4.78, 5) is 24.4. The quantitative estimate of drug-likeness (QED) is 0.382. The van der Waals surface area contributed by atoms with Crippen LogP contribution in [0.4, 0.5) is 5.69 Å². The van der Waals surface area contributed by atoms with Crippen molar-refractivity contribution < 1.29 is 32.1 Å². The molecule has 0 aliphatic heterocycles. The van der Waals surface area contributed by atoms with Crippen molar-refractivity contribution in [1.29, 1.82) is 0 Å². The number of rotatable bonds is 2. The number of benzene rings is 1. The maximum Gasteiger partial charge on any atom is 0.394 e. The van der Waals surface area contributed by atoms with Gasteiger partial charge in [0.2, 0.25) is 0 Å². The van der Waals surface area contributed by atoms with Crippen LogP contribution in [-0.2, 0) is 15.2 Å². The molecule has 0 aromatic heterocycles. The maximum atomic E-state index is 10.8. The molecule has 0 fully saturated rings. The highest BCUT2D eigenvalue weighted by Gasteiger charge is 2.08. The highest BCUT2D eigenvalue weighted by Crippen LogP contribution is 2.11. The van der Waals surface area contributed by atoms with Crippen LogP contribution < -0.4 is 5.90 Å². The summed E-state index contributed by atoms with van der Waals surface area (Å²) < 4.78 is 31.6. The summed E-state index contributed by atoms with van der Waals surface area (Å²) in [6.45, 7) is 0. The molecule has 0 saturated heterocycles. The Balaban J connectivity index is 0.000000494.